The van der Waals surface area contributed by atoms with Gasteiger partial charge >= 0.3 is 6.18 Å². The van der Waals surface area contributed by atoms with Crippen LogP contribution in [0.2, 0.25) is 5.15 Å². The zero-order valence-corrected chi connectivity index (χ0v) is 13.2. The van der Waals surface area contributed by atoms with Gasteiger partial charge in [-0.15, -0.1) is 0 Å². The molecule has 112 valence electrons. The molecule has 1 aromatic carbocycles. The van der Waals surface area contributed by atoms with Gasteiger partial charge in [0.05, 0.1) is 0 Å². The van der Waals surface area contributed by atoms with Crippen LogP contribution >= 0.6 is 27.5 Å². The zero-order chi connectivity index (χ0) is 15.6. The second-order valence-electron chi connectivity index (χ2n) is 4.32. The van der Waals surface area contributed by atoms with E-state index in [-0.39, 0.29) is 11.0 Å². The third-order valence-corrected chi connectivity index (χ3v) is 3.66. The number of alkyl halides is 3. The first-order chi connectivity index (χ1) is 9.77. The largest absolute Gasteiger partial charge is 0.451 e. The Balaban J connectivity index is 2.29. The van der Waals surface area contributed by atoms with E-state index in [1.165, 1.54) is 6.07 Å². The molecule has 0 fully saturated rings. The topological polar surface area (TPSA) is 29.0 Å². The fourth-order valence-electron chi connectivity index (χ4n) is 1.69. The molecule has 3 nitrogen and oxygen atoms in total. The Morgan fingerprint density at radius 1 is 1.24 bits per heavy atom. The minimum Gasteiger partial charge on any atom is -0.355 e. The molecule has 1 heterocycles. The van der Waals surface area contributed by atoms with Gasteiger partial charge < -0.3 is 4.90 Å². The summed E-state index contributed by atoms with van der Waals surface area (Å²) in [6.07, 6.45) is -4.63. The smallest absolute Gasteiger partial charge is 0.355 e. The van der Waals surface area contributed by atoms with Gasteiger partial charge in [0, 0.05) is 24.1 Å². The summed E-state index contributed by atoms with van der Waals surface area (Å²) in [6, 6.07) is 8.73. The molecule has 0 spiro atoms. The summed E-state index contributed by atoms with van der Waals surface area (Å²) in [5.74, 6) is -1.14. The van der Waals surface area contributed by atoms with Crippen LogP contribution in [0.3, 0.4) is 0 Å². The molecule has 0 aliphatic rings. The maximum Gasteiger partial charge on any atom is 0.451 e. The van der Waals surface area contributed by atoms with E-state index in [1.54, 1.807) is 11.9 Å². The van der Waals surface area contributed by atoms with E-state index in [2.05, 4.69) is 25.9 Å². The molecule has 0 N–H and O–H groups in total. The summed E-state index contributed by atoms with van der Waals surface area (Å²) in [7, 11) is 1.64. The van der Waals surface area contributed by atoms with Gasteiger partial charge in [0.2, 0.25) is 5.82 Å². The van der Waals surface area contributed by atoms with Crippen molar-refractivity contribution in [2.24, 2.45) is 0 Å². The Morgan fingerprint density at radius 2 is 1.90 bits per heavy atom. The fourth-order valence-corrected chi connectivity index (χ4v) is 2.28. The van der Waals surface area contributed by atoms with Gasteiger partial charge in [-0.1, -0.05) is 45.7 Å². The number of nitrogens with zero attached hydrogens (tertiary/aromatic N) is 3. The highest BCUT2D eigenvalue weighted by molar-refractivity contribution is 9.10. The van der Waals surface area contributed by atoms with Crippen molar-refractivity contribution in [3.8, 4) is 0 Å². The van der Waals surface area contributed by atoms with Crippen LogP contribution in [0.4, 0.5) is 19.0 Å². The molecule has 0 radical (unpaired) electrons. The standard InChI is InChI=1S/C13H10BrClF3N3/c1-21(7-8-4-2-3-5-9(8)14)11-6-10(15)19-12(20-11)13(16,17)18/h2-6H,7H2,1H3. The number of hydrogen-bond donors (Lipinski definition) is 0. The van der Waals surface area contributed by atoms with Gasteiger partial charge in [-0.3, -0.25) is 0 Å². The summed E-state index contributed by atoms with van der Waals surface area (Å²) in [4.78, 5) is 8.30. The molecule has 0 saturated carbocycles. The Labute approximate surface area is 132 Å². The quantitative estimate of drug-likeness (QED) is 0.732. The van der Waals surface area contributed by atoms with Gasteiger partial charge in [-0.25, -0.2) is 9.97 Å². The first-order valence-electron chi connectivity index (χ1n) is 5.83. The normalized spacial score (nSPS) is 11.5. The number of halogens is 5. The molecule has 0 bridgehead atoms. The van der Waals surface area contributed by atoms with Gasteiger partial charge in [0.1, 0.15) is 11.0 Å². The summed E-state index contributed by atoms with van der Waals surface area (Å²) < 4.78 is 38.9. The van der Waals surface area contributed by atoms with Crippen molar-refractivity contribution in [3.63, 3.8) is 0 Å². The second-order valence-corrected chi connectivity index (χ2v) is 5.56. The van der Waals surface area contributed by atoms with Crippen molar-refractivity contribution in [1.82, 2.24) is 9.97 Å². The minimum absolute atomic E-state index is 0.109. The number of rotatable bonds is 3. The summed E-state index contributed by atoms with van der Waals surface area (Å²) in [5.41, 5.74) is 0.920. The molecular formula is C13H10BrClF3N3. The lowest BCUT2D eigenvalue weighted by molar-refractivity contribution is -0.144. The molecule has 8 heteroatoms. The van der Waals surface area contributed by atoms with Crippen molar-refractivity contribution in [1.29, 1.82) is 0 Å². The molecule has 0 aliphatic heterocycles. The lowest BCUT2D eigenvalue weighted by Gasteiger charge is -2.20. The van der Waals surface area contributed by atoms with E-state index in [0.29, 0.717) is 6.54 Å². The van der Waals surface area contributed by atoms with Gasteiger partial charge in [-0.05, 0) is 11.6 Å². The Kier molecular flexibility index (Phi) is 4.73. The van der Waals surface area contributed by atoms with Gasteiger partial charge in [-0.2, -0.15) is 13.2 Å². The summed E-state index contributed by atoms with van der Waals surface area (Å²) in [6.45, 7) is 0.381. The lowest BCUT2D eigenvalue weighted by Crippen LogP contribution is -2.21. The van der Waals surface area contributed by atoms with E-state index in [1.807, 2.05) is 24.3 Å². The van der Waals surface area contributed by atoms with Crippen LogP contribution in [-0.2, 0) is 12.7 Å². The highest BCUT2D eigenvalue weighted by atomic mass is 79.9. The Morgan fingerprint density at radius 3 is 2.52 bits per heavy atom. The molecule has 1 aromatic heterocycles. The van der Waals surface area contributed by atoms with Crippen molar-refractivity contribution in [3.05, 3.63) is 51.3 Å². The predicted molar refractivity (Wildman–Crippen MR) is 78.3 cm³/mol. The van der Waals surface area contributed by atoms with E-state index >= 15 is 0 Å². The minimum atomic E-state index is -4.63. The monoisotopic (exact) mass is 379 g/mol. The number of benzene rings is 1. The predicted octanol–water partition coefficient (Wildman–Crippen LogP) is 4.55. The third-order valence-electron chi connectivity index (χ3n) is 2.69. The maximum absolute atomic E-state index is 12.7. The Hall–Kier alpha value is -1.34. The SMILES string of the molecule is CN(Cc1ccccc1Br)c1cc(Cl)nc(C(F)(F)F)n1. The summed E-state index contributed by atoms with van der Waals surface area (Å²) >= 11 is 9.04. The Bertz CT molecular complexity index is 649. The van der Waals surface area contributed by atoms with Crippen LogP contribution in [0.1, 0.15) is 11.4 Å². The van der Waals surface area contributed by atoms with Crippen molar-refractivity contribution in [2.45, 2.75) is 12.7 Å². The van der Waals surface area contributed by atoms with E-state index < -0.39 is 12.0 Å². The lowest BCUT2D eigenvalue weighted by atomic mass is 10.2. The molecule has 0 atom stereocenters. The van der Waals surface area contributed by atoms with E-state index in [9.17, 15) is 13.2 Å². The zero-order valence-electron chi connectivity index (χ0n) is 10.8. The molecule has 0 unspecified atom stereocenters. The number of anilines is 1. The summed E-state index contributed by atoms with van der Waals surface area (Å²) in [5, 5.41) is -0.244. The van der Waals surface area contributed by atoms with E-state index in [4.69, 9.17) is 11.6 Å². The molecule has 0 saturated heterocycles. The first kappa shape index (κ1) is 16.0. The number of hydrogen-bond acceptors (Lipinski definition) is 3. The number of aromatic nitrogens is 2. The van der Waals surface area contributed by atoms with Gasteiger partial charge in [0.25, 0.3) is 0 Å². The second kappa shape index (κ2) is 6.19. The van der Waals surface area contributed by atoms with Crippen molar-refractivity contribution < 1.29 is 13.2 Å². The van der Waals surface area contributed by atoms with E-state index in [0.717, 1.165) is 10.0 Å². The van der Waals surface area contributed by atoms with Crippen LogP contribution in [0.25, 0.3) is 0 Å². The third kappa shape index (κ3) is 4.07. The van der Waals surface area contributed by atoms with Crippen molar-refractivity contribution in [2.75, 3.05) is 11.9 Å². The van der Waals surface area contributed by atoms with Crippen LogP contribution in [0.15, 0.2) is 34.8 Å². The van der Waals surface area contributed by atoms with Gasteiger partial charge in [0.15, 0.2) is 0 Å². The highest BCUT2D eigenvalue weighted by Gasteiger charge is 2.35. The van der Waals surface area contributed by atoms with Crippen LogP contribution < -0.4 is 4.90 Å². The molecular weight excluding hydrogens is 371 g/mol. The molecule has 2 rings (SSSR count). The maximum atomic E-state index is 12.7. The average Bonchev–Trinajstić information content (AvgIpc) is 2.39. The first-order valence-corrected chi connectivity index (χ1v) is 7.01. The fraction of sp³-hybridized carbons (Fsp3) is 0.231. The molecule has 0 amide bonds. The average molecular weight is 381 g/mol. The molecule has 21 heavy (non-hydrogen) atoms. The van der Waals surface area contributed by atoms with Crippen LogP contribution in [0.5, 0.6) is 0 Å². The van der Waals surface area contributed by atoms with Crippen LogP contribution in [-0.4, -0.2) is 17.0 Å². The van der Waals surface area contributed by atoms with Crippen molar-refractivity contribution >= 4 is 33.3 Å². The molecule has 2 aromatic rings. The highest BCUT2D eigenvalue weighted by Crippen LogP contribution is 2.29. The van der Waals surface area contributed by atoms with Crippen LogP contribution in [0, 0.1) is 0 Å². The molecule has 0 aliphatic carbocycles.